The Balaban J connectivity index is 1.70. The fourth-order valence-electron chi connectivity index (χ4n) is 4.88. The molecule has 1 aliphatic rings. The summed E-state index contributed by atoms with van der Waals surface area (Å²) in [5, 5.41) is 6.99. The molecule has 3 heterocycles. The van der Waals surface area contributed by atoms with Crippen LogP contribution in [0.3, 0.4) is 0 Å². The largest absolute Gasteiger partial charge is 0.495 e. The molecule has 39 heavy (non-hydrogen) atoms. The minimum atomic E-state index is -0.294. The van der Waals surface area contributed by atoms with Gasteiger partial charge in [0.05, 0.1) is 29.8 Å². The van der Waals surface area contributed by atoms with Crippen LogP contribution in [-0.4, -0.2) is 72.3 Å². The first-order chi connectivity index (χ1) is 18.8. The van der Waals surface area contributed by atoms with Gasteiger partial charge < -0.3 is 25.0 Å². The van der Waals surface area contributed by atoms with Gasteiger partial charge in [0.1, 0.15) is 17.1 Å². The summed E-state index contributed by atoms with van der Waals surface area (Å²) in [4.78, 5) is 36.9. The van der Waals surface area contributed by atoms with Crippen LogP contribution in [0.4, 0.5) is 5.95 Å². The molecule has 0 radical (unpaired) electrons. The lowest BCUT2D eigenvalue weighted by molar-refractivity contribution is -0.117. The zero-order valence-electron chi connectivity index (χ0n) is 22.2. The number of carbonyl (C=O) groups is 1. The van der Waals surface area contributed by atoms with Crippen molar-refractivity contribution < 1.29 is 14.3 Å². The fraction of sp³-hybridized carbons (Fsp3) is 0.407. The lowest BCUT2D eigenvalue weighted by Gasteiger charge is -2.33. The Morgan fingerprint density at radius 3 is 2.56 bits per heavy atom. The summed E-state index contributed by atoms with van der Waals surface area (Å²) < 4.78 is 12.5. The summed E-state index contributed by atoms with van der Waals surface area (Å²) in [6, 6.07) is 3.35. The molecule has 10 nitrogen and oxygen atoms in total. The van der Waals surface area contributed by atoms with Crippen LogP contribution < -0.4 is 25.7 Å². The molecule has 0 bridgehead atoms. The quantitative estimate of drug-likeness (QED) is 0.350. The zero-order chi connectivity index (χ0) is 28.1. The topological polar surface area (TPSA) is 111 Å². The molecule has 1 fully saturated rings. The van der Waals surface area contributed by atoms with Gasteiger partial charge in [0.15, 0.2) is 0 Å². The molecule has 1 saturated heterocycles. The van der Waals surface area contributed by atoms with Crippen LogP contribution in [0.15, 0.2) is 35.8 Å². The highest BCUT2D eigenvalue weighted by atomic mass is 35.5. The molecule has 2 aromatic heterocycles. The Morgan fingerprint density at radius 1 is 1.21 bits per heavy atom. The molecular weight excluding hydrogens is 543 g/mol. The fourth-order valence-corrected chi connectivity index (χ4v) is 5.58. The lowest BCUT2D eigenvalue weighted by atomic mass is 10.0. The molecule has 4 rings (SSSR count). The number of aromatic nitrogens is 3. The second-order valence-corrected chi connectivity index (χ2v) is 9.98. The van der Waals surface area contributed by atoms with Crippen LogP contribution in [0.5, 0.6) is 11.5 Å². The predicted octanol–water partition coefficient (Wildman–Crippen LogP) is 3.98. The number of amides is 1. The number of halogens is 2. The third-order valence-electron chi connectivity index (χ3n) is 6.79. The number of likely N-dealkylation sites (tertiary alicyclic amines) is 1. The van der Waals surface area contributed by atoms with E-state index in [-0.39, 0.29) is 27.6 Å². The number of pyridine rings is 1. The average Bonchev–Trinajstić information content (AvgIpc) is 2.94. The zero-order valence-corrected chi connectivity index (χ0v) is 23.7. The molecule has 0 spiro atoms. The highest BCUT2D eigenvalue weighted by Gasteiger charge is 2.24. The van der Waals surface area contributed by atoms with Crippen LogP contribution >= 0.6 is 23.2 Å². The lowest BCUT2D eigenvalue weighted by Crippen LogP contribution is -2.47. The Kier molecular flexibility index (Phi) is 9.32. The molecule has 1 aromatic carbocycles. The molecule has 2 N–H and O–H groups in total. The predicted molar refractivity (Wildman–Crippen MR) is 154 cm³/mol. The standard InChI is InChI=1S/C27H32Cl2N6O4/c1-5-21(36)32-17-8-6-9-34(15-17)10-7-11-35-25-16(14-31-27(30-2)33-25)12-18(26(35)37)22-23(28)19(38-3)13-20(39-4)24(22)29/h5,12-14,17H,1,6-11,15H2,2-4H3,(H,32,36)(H,30,31,33)/t17-/m0/s1. The maximum absolute atomic E-state index is 14.0. The molecule has 208 valence electrons. The van der Waals surface area contributed by atoms with Crippen LogP contribution in [-0.2, 0) is 11.3 Å². The Labute approximate surface area is 236 Å². The molecule has 3 aromatic rings. The minimum Gasteiger partial charge on any atom is -0.495 e. The third-order valence-corrected chi connectivity index (χ3v) is 7.54. The van der Waals surface area contributed by atoms with E-state index in [1.807, 2.05) is 0 Å². The van der Waals surface area contributed by atoms with E-state index in [2.05, 4.69) is 32.1 Å². The molecular formula is C27H32Cl2N6O4. The smallest absolute Gasteiger partial charge is 0.260 e. The van der Waals surface area contributed by atoms with Gasteiger partial charge in [-0.05, 0) is 44.5 Å². The second kappa shape index (κ2) is 12.7. The van der Waals surface area contributed by atoms with Crippen molar-refractivity contribution >= 4 is 46.1 Å². The Morgan fingerprint density at radius 2 is 1.92 bits per heavy atom. The van der Waals surface area contributed by atoms with Gasteiger partial charge in [-0.1, -0.05) is 29.8 Å². The van der Waals surface area contributed by atoms with Gasteiger partial charge in [0.25, 0.3) is 5.56 Å². The van der Waals surface area contributed by atoms with Crippen LogP contribution in [0, 0.1) is 0 Å². The van der Waals surface area contributed by atoms with Crippen molar-refractivity contribution in [2.24, 2.45) is 0 Å². The number of aryl methyl sites for hydroxylation is 1. The number of fused-ring (bicyclic) bond motifs is 1. The van der Waals surface area contributed by atoms with Crippen LogP contribution in [0.2, 0.25) is 10.0 Å². The number of carbonyl (C=O) groups excluding carboxylic acids is 1. The number of nitrogens with one attached hydrogen (secondary N) is 2. The highest BCUT2D eigenvalue weighted by Crippen LogP contribution is 2.45. The number of methoxy groups -OCH3 is 2. The van der Waals surface area contributed by atoms with E-state index in [0.717, 1.165) is 32.5 Å². The van der Waals surface area contributed by atoms with E-state index in [0.29, 0.717) is 52.6 Å². The SMILES string of the molecule is C=CC(=O)N[C@H]1CCCN(CCCn2c(=O)c(-c3c(Cl)c(OC)cc(OC)c3Cl)cc3cnc(NC)nc32)C1. The normalized spacial score (nSPS) is 15.7. The maximum atomic E-state index is 14.0. The maximum Gasteiger partial charge on any atom is 0.260 e. The van der Waals surface area contributed by atoms with E-state index >= 15 is 0 Å². The summed E-state index contributed by atoms with van der Waals surface area (Å²) in [7, 11) is 4.69. The average molecular weight is 575 g/mol. The first kappa shape index (κ1) is 28.7. The highest BCUT2D eigenvalue weighted by molar-refractivity contribution is 6.41. The number of ether oxygens (including phenoxy) is 2. The molecule has 1 amide bonds. The minimum absolute atomic E-state index is 0.0781. The van der Waals surface area contributed by atoms with E-state index in [1.165, 1.54) is 20.3 Å². The number of rotatable bonds is 10. The molecule has 0 unspecified atom stereocenters. The number of benzene rings is 1. The Bertz CT molecular complexity index is 1420. The van der Waals surface area contributed by atoms with E-state index in [1.54, 1.807) is 29.9 Å². The Hall–Kier alpha value is -3.34. The molecule has 0 saturated carbocycles. The van der Waals surface area contributed by atoms with E-state index < -0.39 is 0 Å². The second-order valence-electron chi connectivity index (χ2n) is 9.23. The van der Waals surface area contributed by atoms with Crippen LogP contribution in [0.25, 0.3) is 22.2 Å². The first-order valence-corrected chi connectivity index (χ1v) is 13.4. The van der Waals surface area contributed by atoms with Gasteiger partial charge in [-0.2, -0.15) is 4.98 Å². The molecule has 1 atom stereocenters. The number of hydrogen-bond donors (Lipinski definition) is 2. The van der Waals surface area contributed by atoms with Crippen molar-refractivity contribution in [1.82, 2.24) is 24.8 Å². The first-order valence-electron chi connectivity index (χ1n) is 12.6. The van der Waals surface area contributed by atoms with Crippen LogP contribution in [0.1, 0.15) is 19.3 Å². The van der Waals surface area contributed by atoms with Crippen molar-refractivity contribution in [3.8, 4) is 22.6 Å². The summed E-state index contributed by atoms with van der Waals surface area (Å²) >= 11 is 13.3. The molecule has 1 aliphatic heterocycles. The summed E-state index contributed by atoms with van der Waals surface area (Å²) in [5.41, 5.74) is 0.822. The van der Waals surface area contributed by atoms with Gasteiger partial charge in [0.2, 0.25) is 11.9 Å². The van der Waals surface area contributed by atoms with Crippen molar-refractivity contribution in [3.63, 3.8) is 0 Å². The van der Waals surface area contributed by atoms with E-state index in [4.69, 9.17) is 32.7 Å². The van der Waals surface area contributed by atoms with Gasteiger partial charge >= 0.3 is 0 Å². The van der Waals surface area contributed by atoms with Gasteiger partial charge in [-0.25, -0.2) is 4.98 Å². The number of hydrogen-bond acceptors (Lipinski definition) is 8. The third kappa shape index (κ3) is 6.13. The number of anilines is 1. The summed E-state index contributed by atoms with van der Waals surface area (Å²) in [6.45, 7) is 6.35. The van der Waals surface area contributed by atoms with Crippen molar-refractivity contribution in [1.29, 1.82) is 0 Å². The molecule has 12 heteroatoms. The van der Waals surface area contributed by atoms with Crippen molar-refractivity contribution in [2.45, 2.75) is 31.8 Å². The summed E-state index contributed by atoms with van der Waals surface area (Å²) in [6.07, 6.45) is 5.54. The number of nitrogens with zero attached hydrogens (tertiary/aromatic N) is 4. The van der Waals surface area contributed by atoms with Gasteiger partial charge in [0, 0.05) is 49.4 Å². The van der Waals surface area contributed by atoms with Gasteiger partial charge in [-0.3, -0.25) is 14.2 Å². The number of piperidine rings is 1. The summed E-state index contributed by atoms with van der Waals surface area (Å²) in [5.74, 6) is 0.912. The molecule has 0 aliphatic carbocycles. The van der Waals surface area contributed by atoms with Gasteiger partial charge in [-0.15, -0.1) is 0 Å². The van der Waals surface area contributed by atoms with E-state index in [9.17, 15) is 9.59 Å². The monoisotopic (exact) mass is 574 g/mol. The van der Waals surface area contributed by atoms with Crippen molar-refractivity contribution in [3.05, 3.63) is 51.4 Å². The van der Waals surface area contributed by atoms with Crippen molar-refractivity contribution in [2.75, 3.05) is 46.2 Å².